The summed E-state index contributed by atoms with van der Waals surface area (Å²) in [5.74, 6) is -1.77. The smallest absolute Gasteiger partial charge is 0.326 e. The molecule has 0 spiro atoms. The van der Waals surface area contributed by atoms with Gasteiger partial charge in [0.15, 0.2) is 0 Å². The number of nitrogens with zero attached hydrogens (tertiary/aromatic N) is 1. The molecule has 7 heteroatoms. The van der Waals surface area contributed by atoms with Crippen molar-refractivity contribution in [2.45, 2.75) is 32.0 Å². The van der Waals surface area contributed by atoms with Crippen molar-refractivity contribution in [1.82, 2.24) is 10.2 Å². The van der Waals surface area contributed by atoms with E-state index >= 15 is 0 Å². The van der Waals surface area contributed by atoms with E-state index in [0.29, 0.717) is 13.1 Å². The molecule has 3 amide bonds. The lowest BCUT2D eigenvalue weighted by molar-refractivity contribution is -0.139. The lowest BCUT2D eigenvalue weighted by Crippen LogP contribution is -2.46. The van der Waals surface area contributed by atoms with Crippen LogP contribution in [0.4, 0.5) is 4.79 Å². The van der Waals surface area contributed by atoms with E-state index in [0.717, 1.165) is 11.1 Å². The van der Waals surface area contributed by atoms with Crippen LogP contribution in [-0.4, -0.2) is 34.0 Å². The normalized spacial score (nSPS) is 14.4. The molecule has 1 aromatic carbocycles. The first-order valence-corrected chi connectivity index (χ1v) is 6.60. The highest BCUT2D eigenvalue weighted by atomic mass is 16.4. The maximum absolute atomic E-state index is 12.1. The molecule has 0 bridgehead atoms. The number of amides is 3. The molecule has 4 N–H and O–H groups in total. The van der Waals surface area contributed by atoms with E-state index in [2.05, 4.69) is 5.32 Å². The summed E-state index contributed by atoms with van der Waals surface area (Å²) < 4.78 is 0. The van der Waals surface area contributed by atoms with Crippen molar-refractivity contribution in [3.63, 3.8) is 0 Å². The molecular formula is C14H17N3O4. The highest BCUT2D eigenvalue weighted by Crippen LogP contribution is 2.22. The van der Waals surface area contributed by atoms with Gasteiger partial charge < -0.3 is 21.1 Å². The van der Waals surface area contributed by atoms with Crippen LogP contribution in [0.1, 0.15) is 24.0 Å². The van der Waals surface area contributed by atoms with E-state index < -0.39 is 23.9 Å². The average molecular weight is 291 g/mol. The van der Waals surface area contributed by atoms with Crippen LogP contribution in [0, 0.1) is 0 Å². The predicted octanol–water partition coefficient (Wildman–Crippen LogP) is 0.430. The van der Waals surface area contributed by atoms with E-state index in [4.69, 9.17) is 10.8 Å². The third-order valence-electron chi connectivity index (χ3n) is 3.40. The summed E-state index contributed by atoms with van der Waals surface area (Å²) in [4.78, 5) is 35.5. The number of benzene rings is 1. The summed E-state index contributed by atoms with van der Waals surface area (Å²) in [7, 11) is 0. The number of fused-ring (bicyclic) bond motifs is 1. The number of carbonyl (C=O) groups is 3. The fourth-order valence-corrected chi connectivity index (χ4v) is 2.26. The molecule has 0 aromatic heterocycles. The number of rotatable bonds is 5. The Labute approximate surface area is 121 Å². The molecular weight excluding hydrogens is 274 g/mol. The molecule has 2 rings (SSSR count). The van der Waals surface area contributed by atoms with Gasteiger partial charge in [-0.15, -0.1) is 0 Å². The Morgan fingerprint density at radius 2 is 1.81 bits per heavy atom. The predicted molar refractivity (Wildman–Crippen MR) is 74.1 cm³/mol. The number of hydrogen-bond acceptors (Lipinski definition) is 3. The van der Waals surface area contributed by atoms with Crippen molar-refractivity contribution in [2.24, 2.45) is 5.73 Å². The molecule has 0 saturated heterocycles. The zero-order valence-electron chi connectivity index (χ0n) is 11.4. The molecule has 112 valence electrons. The maximum atomic E-state index is 12.1. The quantitative estimate of drug-likeness (QED) is 0.730. The van der Waals surface area contributed by atoms with Crippen molar-refractivity contribution in [3.05, 3.63) is 35.4 Å². The van der Waals surface area contributed by atoms with Crippen LogP contribution in [0.25, 0.3) is 0 Å². The molecule has 0 unspecified atom stereocenters. The van der Waals surface area contributed by atoms with Crippen LogP contribution in [0.15, 0.2) is 24.3 Å². The summed E-state index contributed by atoms with van der Waals surface area (Å²) in [6.07, 6.45) is -0.103. The van der Waals surface area contributed by atoms with Crippen molar-refractivity contribution >= 4 is 17.9 Å². The minimum Gasteiger partial charge on any atom is -0.480 e. The Bertz CT molecular complexity index is 548. The fraction of sp³-hybridized carbons (Fsp3) is 0.357. The van der Waals surface area contributed by atoms with Gasteiger partial charge in [-0.05, 0) is 17.5 Å². The largest absolute Gasteiger partial charge is 0.480 e. The lowest BCUT2D eigenvalue weighted by atomic mass is 10.1. The first-order chi connectivity index (χ1) is 9.97. The Balaban J connectivity index is 1.94. The van der Waals surface area contributed by atoms with Crippen molar-refractivity contribution in [3.8, 4) is 0 Å². The second-order valence-corrected chi connectivity index (χ2v) is 4.97. The molecule has 1 heterocycles. The van der Waals surface area contributed by atoms with Gasteiger partial charge in [0.2, 0.25) is 5.91 Å². The number of nitrogens with two attached hydrogens (primary N) is 1. The standard InChI is InChI=1S/C14H17N3O4/c15-12(18)6-5-11(13(19)20)16-14(21)17-7-9-3-1-2-4-10(9)8-17/h1-4,11H,5-8H2,(H2,15,18)(H,16,21)(H,19,20)/t11-/m1/s1. The highest BCUT2D eigenvalue weighted by Gasteiger charge is 2.27. The summed E-state index contributed by atoms with van der Waals surface area (Å²) in [6, 6.07) is 6.09. The summed E-state index contributed by atoms with van der Waals surface area (Å²) >= 11 is 0. The summed E-state index contributed by atoms with van der Waals surface area (Å²) in [6.45, 7) is 0.897. The lowest BCUT2D eigenvalue weighted by Gasteiger charge is -2.20. The number of urea groups is 1. The zero-order chi connectivity index (χ0) is 15.4. The molecule has 1 aliphatic rings. The second kappa shape index (κ2) is 6.25. The third kappa shape index (κ3) is 3.71. The van der Waals surface area contributed by atoms with Crippen LogP contribution < -0.4 is 11.1 Å². The minimum atomic E-state index is -1.18. The Hall–Kier alpha value is -2.57. The topological polar surface area (TPSA) is 113 Å². The number of carboxylic acid groups (broad SMARTS) is 1. The van der Waals surface area contributed by atoms with Crippen molar-refractivity contribution in [1.29, 1.82) is 0 Å². The highest BCUT2D eigenvalue weighted by molar-refractivity contribution is 5.83. The summed E-state index contributed by atoms with van der Waals surface area (Å²) in [5, 5.41) is 11.5. The fourth-order valence-electron chi connectivity index (χ4n) is 2.26. The van der Waals surface area contributed by atoms with Gasteiger partial charge in [-0.3, -0.25) is 4.79 Å². The molecule has 1 atom stereocenters. The van der Waals surface area contributed by atoms with Crippen LogP contribution >= 0.6 is 0 Å². The molecule has 0 aliphatic carbocycles. The number of primary amides is 1. The van der Waals surface area contributed by atoms with E-state index in [1.165, 1.54) is 4.90 Å². The number of hydrogen-bond donors (Lipinski definition) is 3. The molecule has 0 saturated carbocycles. The third-order valence-corrected chi connectivity index (χ3v) is 3.40. The Morgan fingerprint density at radius 3 is 2.29 bits per heavy atom. The Kier molecular flexibility index (Phi) is 4.42. The minimum absolute atomic E-state index is 0.0167. The SMILES string of the molecule is NC(=O)CC[C@@H](NC(=O)N1Cc2ccccc2C1)C(=O)O. The van der Waals surface area contributed by atoms with E-state index in [1.807, 2.05) is 24.3 Å². The van der Waals surface area contributed by atoms with Crippen LogP contribution in [-0.2, 0) is 22.7 Å². The zero-order valence-corrected chi connectivity index (χ0v) is 11.4. The average Bonchev–Trinajstić information content (AvgIpc) is 2.86. The second-order valence-electron chi connectivity index (χ2n) is 4.97. The van der Waals surface area contributed by atoms with Gasteiger partial charge in [0.25, 0.3) is 0 Å². The number of carboxylic acids is 1. The molecule has 1 aromatic rings. The number of aliphatic carboxylic acids is 1. The van der Waals surface area contributed by atoms with Gasteiger partial charge in [0, 0.05) is 19.5 Å². The number of carbonyl (C=O) groups excluding carboxylic acids is 2. The van der Waals surface area contributed by atoms with Crippen molar-refractivity contribution < 1.29 is 19.5 Å². The van der Waals surface area contributed by atoms with Crippen LogP contribution in [0.3, 0.4) is 0 Å². The first-order valence-electron chi connectivity index (χ1n) is 6.60. The van der Waals surface area contributed by atoms with Gasteiger partial charge >= 0.3 is 12.0 Å². The molecule has 0 radical (unpaired) electrons. The van der Waals surface area contributed by atoms with Gasteiger partial charge in [-0.25, -0.2) is 9.59 Å². The molecule has 0 fully saturated rings. The summed E-state index contributed by atoms with van der Waals surface area (Å²) in [5.41, 5.74) is 7.10. The van der Waals surface area contributed by atoms with Gasteiger partial charge in [0.1, 0.15) is 6.04 Å². The van der Waals surface area contributed by atoms with E-state index in [-0.39, 0.29) is 12.8 Å². The molecule has 21 heavy (non-hydrogen) atoms. The molecule has 1 aliphatic heterocycles. The maximum Gasteiger partial charge on any atom is 0.326 e. The van der Waals surface area contributed by atoms with Crippen molar-refractivity contribution in [2.75, 3.05) is 0 Å². The van der Waals surface area contributed by atoms with Gasteiger partial charge in [-0.2, -0.15) is 0 Å². The van der Waals surface area contributed by atoms with E-state index in [1.54, 1.807) is 0 Å². The van der Waals surface area contributed by atoms with E-state index in [9.17, 15) is 14.4 Å². The Morgan fingerprint density at radius 1 is 1.24 bits per heavy atom. The van der Waals surface area contributed by atoms with Gasteiger partial charge in [-0.1, -0.05) is 24.3 Å². The van der Waals surface area contributed by atoms with Crippen LogP contribution in [0.2, 0.25) is 0 Å². The monoisotopic (exact) mass is 291 g/mol. The van der Waals surface area contributed by atoms with Gasteiger partial charge in [0.05, 0.1) is 0 Å². The first kappa shape index (κ1) is 14.8. The molecule has 7 nitrogen and oxygen atoms in total. The number of nitrogens with one attached hydrogen (secondary N) is 1. The van der Waals surface area contributed by atoms with Crippen LogP contribution in [0.5, 0.6) is 0 Å².